The number of H-pyrrole nitrogens is 1. The molecular formula is C13H18N2O2S2. The topological polar surface area (TPSA) is 45.3 Å². The highest BCUT2D eigenvalue weighted by molar-refractivity contribution is 7.73. The Bertz CT molecular complexity index is 533. The SMILES string of the molecule is Cc1[nH]c(=S)sc1CC(=O)N1CCOC[C@@H]1C1CC1. The molecule has 3 rings (SSSR count). The van der Waals surface area contributed by atoms with Crippen LogP contribution < -0.4 is 0 Å². The molecule has 0 bridgehead atoms. The standard InChI is InChI=1S/C13H18N2O2S2/c1-8-11(19-13(18)14-8)6-12(16)15-4-5-17-7-10(15)9-2-3-9/h9-10H,2-7H2,1H3,(H,14,18)/t10-/m1/s1. The fraction of sp³-hybridized carbons (Fsp3) is 0.692. The van der Waals surface area contributed by atoms with Crippen molar-refractivity contribution in [3.63, 3.8) is 0 Å². The highest BCUT2D eigenvalue weighted by Gasteiger charge is 2.39. The molecule has 4 nitrogen and oxygen atoms in total. The minimum Gasteiger partial charge on any atom is -0.377 e. The summed E-state index contributed by atoms with van der Waals surface area (Å²) in [5, 5.41) is 0. The number of morpholine rings is 1. The zero-order valence-electron chi connectivity index (χ0n) is 11.0. The van der Waals surface area contributed by atoms with Crippen LogP contribution in [0, 0.1) is 16.8 Å². The van der Waals surface area contributed by atoms with Crippen LogP contribution >= 0.6 is 23.6 Å². The molecule has 104 valence electrons. The lowest BCUT2D eigenvalue weighted by atomic mass is 10.1. The predicted molar refractivity (Wildman–Crippen MR) is 77.0 cm³/mol. The normalized spacial score (nSPS) is 23.6. The lowest BCUT2D eigenvalue weighted by Crippen LogP contribution is -2.50. The highest BCUT2D eigenvalue weighted by atomic mass is 32.1. The van der Waals surface area contributed by atoms with Crippen molar-refractivity contribution in [1.82, 2.24) is 9.88 Å². The molecule has 0 aromatic carbocycles. The van der Waals surface area contributed by atoms with E-state index in [2.05, 4.69) is 4.98 Å². The third-order valence-corrected chi connectivity index (χ3v) is 5.22. The highest BCUT2D eigenvalue weighted by Crippen LogP contribution is 2.36. The van der Waals surface area contributed by atoms with Gasteiger partial charge < -0.3 is 14.6 Å². The number of aryl methyl sites for hydroxylation is 1. The Morgan fingerprint density at radius 3 is 3.00 bits per heavy atom. The first-order chi connectivity index (χ1) is 9.15. The second-order valence-electron chi connectivity index (χ2n) is 5.31. The number of hydrogen-bond acceptors (Lipinski definition) is 4. The van der Waals surface area contributed by atoms with Crippen LogP contribution in [0.25, 0.3) is 0 Å². The summed E-state index contributed by atoms with van der Waals surface area (Å²) >= 11 is 6.63. The number of carbonyl (C=O) groups excluding carboxylic acids is 1. The first-order valence-corrected chi connectivity index (χ1v) is 7.93. The lowest BCUT2D eigenvalue weighted by Gasteiger charge is -2.36. The molecule has 2 heterocycles. The van der Waals surface area contributed by atoms with Crippen molar-refractivity contribution >= 4 is 29.5 Å². The van der Waals surface area contributed by atoms with Crippen molar-refractivity contribution in [1.29, 1.82) is 0 Å². The maximum absolute atomic E-state index is 12.5. The van der Waals surface area contributed by atoms with Crippen LogP contribution in [0.1, 0.15) is 23.4 Å². The summed E-state index contributed by atoms with van der Waals surface area (Å²) in [5.74, 6) is 0.878. The van der Waals surface area contributed by atoms with Crippen LogP contribution in [0.4, 0.5) is 0 Å². The Labute approximate surface area is 121 Å². The Kier molecular flexibility index (Phi) is 3.73. The fourth-order valence-corrected chi connectivity index (χ4v) is 3.93. The molecule has 1 aliphatic carbocycles. The number of rotatable bonds is 3. The van der Waals surface area contributed by atoms with Crippen molar-refractivity contribution in [3.8, 4) is 0 Å². The molecule has 0 unspecified atom stereocenters. The molecule has 1 saturated heterocycles. The fourth-order valence-electron chi connectivity index (χ4n) is 2.65. The van der Waals surface area contributed by atoms with Gasteiger partial charge in [-0.1, -0.05) is 0 Å². The second-order valence-corrected chi connectivity index (χ2v) is 7.08. The molecule has 6 heteroatoms. The number of thiazole rings is 1. The number of hydrogen-bond donors (Lipinski definition) is 1. The van der Waals surface area contributed by atoms with Gasteiger partial charge in [0.25, 0.3) is 0 Å². The van der Waals surface area contributed by atoms with Crippen LogP contribution in [-0.4, -0.2) is 41.6 Å². The van der Waals surface area contributed by atoms with E-state index in [1.165, 1.54) is 24.2 Å². The third-order valence-electron chi connectivity index (χ3n) is 3.89. The second kappa shape index (κ2) is 5.34. The molecule has 1 saturated carbocycles. The number of aromatic amines is 1. The van der Waals surface area contributed by atoms with Crippen LogP contribution in [0.15, 0.2) is 0 Å². The average molecular weight is 298 g/mol. The van der Waals surface area contributed by atoms with Gasteiger partial charge in [0.15, 0.2) is 3.95 Å². The largest absolute Gasteiger partial charge is 0.377 e. The molecular weight excluding hydrogens is 280 g/mol. The third kappa shape index (κ3) is 2.90. The van der Waals surface area contributed by atoms with Gasteiger partial charge in [-0.2, -0.15) is 0 Å². The van der Waals surface area contributed by atoms with Crippen molar-refractivity contribution in [2.75, 3.05) is 19.8 Å². The van der Waals surface area contributed by atoms with Crippen molar-refractivity contribution < 1.29 is 9.53 Å². The average Bonchev–Trinajstić information content (AvgIpc) is 3.17. The Hall–Kier alpha value is -0.720. The van der Waals surface area contributed by atoms with Gasteiger partial charge in [0.2, 0.25) is 5.91 Å². The zero-order valence-corrected chi connectivity index (χ0v) is 12.6. The molecule has 1 aromatic rings. The maximum atomic E-state index is 12.5. The smallest absolute Gasteiger partial charge is 0.228 e. The van der Waals surface area contributed by atoms with Gasteiger partial charge in [-0.05, 0) is 37.9 Å². The van der Waals surface area contributed by atoms with Crippen LogP contribution in [0.3, 0.4) is 0 Å². The Morgan fingerprint density at radius 2 is 2.37 bits per heavy atom. The van der Waals surface area contributed by atoms with Crippen molar-refractivity contribution in [3.05, 3.63) is 14.5 Å². The van der Waals surface area contributed by atoms with Crippen LogP contribution in [-0.2, 0) is 16.0 Å². The molecule has 1 amide bonds. The van der Waals surface area contributed by atoms with E-state index >= 15 is 0 Å². The van der Waals surface area contributed by atoms with E-state index in [1.54, 1.807) is 0 Å². The van der Waals surface area contributed by atoms with Gasteiger partial charge in [0, 0.05) is 17.1 Å². The summed E-state index contributed by atoms with van der Waals surface area (Å²) in [4.78, 5) is 18.7. The molecule has 1 atom stereocenters. The van der Waals surface area contributed by atoms with E-state index in [0.29, 0.717) is 31.6 Å². The van der Waals surface area contributed by atoms with E-state index in [4.69, 9.17) is 17.0 Å². The van der Waals surface area contributed by atoms with Gasteiger partial charge >= 0.3 is 0 Å². The Balaban J connectivity index is 1.71. The van der Waals surface area contributed by atoms with Gasteiger partial charge in [-0.3, -0.25) is 4.79 Å². The molecule has 0 radical (unpaired) electrons. The van der Waals surface area contributed by atoms with Crippen LogP contribution in [0.5, 0.6) is 0 Å². The number of nitrogens with zero attached hydrogens (tertiary/aromatic N) is 1. The van der Waals surface area contributed by atoms with Crippen molar-refractivity contribution in [2.45, 2.75) is 32.2 Å². The minimum atomic E-state index is 0.216. The van der Waals surface area contributed by atoms with E-state index in [9.17, 15) is 4.79 Å². The van der Waals surface area contributed by atoms with E-state index < -0.39 is 0 Å². The summed E-state index contributed by atoms with van der Waals surface area (Å²) in [6.45, 7) is 4.08. The maximum Gasteiger partial charge on any atom is 0.228 e. The monoisotopic (exact) mass is 298 g/mol. The van der Waals surface area contributed by atoms with E-state index in [1.807, 2.05) is 11.8 Å². The van der Waals surface area contributed by atoms with Gasteiger partial charge in [-0.15, -0.1) is 11.3 Å². The first-order valence-electron chi connectivity index (χ1n) is 6.71. The number of nitrogens with one attached hydrogen (secondary N) is 1. The van der Waals surface area contributed by atoms with E-state index in [-0.39, 0.29) is 5.91 Å². The molecule has 1 aliphatic heterocycles. The van der Waals surface area contributed by atoms with Gasteiger partial charge in [0.1, 0.15) is 0 Å². The zero-order chi connectivity index (χ0) is 13.4. The Morgan fingerprint density at radius 1 is 1.58 bits per heavy atom. The predicted octanol–water partition coefficient (Wildman–Crippen LogP) is 2.29. The summed E-state index contributed by atoms with van der Waals surface area (Å²) < 4.78 is 6.28. The van der Waals surface area contributed by atoms with Crippen LogP contribution in [0.2, 0.25) is 0 Å². The molecule has 2 aliphatic rings. The van der Waals surface area contributed by atoms with Gasteiger partial charge in [0.05, 0.1) is 25.7 Å². The quantitative estimate of drug-likeness (QED) is 0.871. The molecule has 1 N–H and O–H groups in total. The van der Waals surface area contributed by atoms with E-state index in [0.717, 1.165) is 21.1 Å². The number of amides is 1. The number of ether oxygens (including phenoxy) is 1. The lowest BCUT2D eigenvalue weighted by molar-refractivity contribution is -0.140. The van der Waals surface area contributed by atoms with Gasteiger partial charge in [-0.25, -0.2) is 0 Å². The molecule has 1 aromatic heterocycles. The summed E-state index contributed by atoms with van der Waals surface area (Å²) in [7, 11) is 0. The number of carbonyl (C=O) groups is 1. The summed E-state index contributed by atoms with van der Waals surface area (Å²) in [6, 6.07) is 0.300. The first kappa shape index (κ1) is 13.3. The minimum absolute atomic E-state index is 0.216. The summed E-state index contributed by atoms with van der Waals surface area (Å²) in [6.07, 6.45) is 2.94. The summed E-state index contributed by atoms with van der Waals surface area (Å²) in [5.41, 5.74) is 1.03. The molecule has 19 heavy (non-hydrogen) atoms. The number of aromatic nitrogens is 1. The molecule has 2 fully saturated rings. The molecule has 0 spiro atoms. The van der Waals surface area contributed by atoms with Crippen molar-refractivity contribution in [2.24, 2.45) is 5.92 Å².